The van der Waals surface area contributed by atoms with Crippen LogP contribution in [0.3, 0.4) is 0 Å². The van der Waals surface area contributed by atoms with E-state index in [2.05, 4.69) is 20.9 Å². The van der Waals surface area contributed by atoms with E-state index in [0.29, 0.717) is 10.2 Å². The Labute approximate surface area is 94.8 Å². The Morgan fingerprint density at radius 1 is 1.67 bits per heavy atom. The molecule has 0 amide bonds. The second kappa shape index (κ2) is 4.48. The SMILES string of the molecule is CC(=O)C(C)c1ncc([N+](=O)[O-])cc1Br. The van der Waals surface area contributed by atoms with Crippen LogP contribution in [0.25, 0.3) is 0 Å². The maximum Gasteiger partial charge on any atom is 0.288 e. The molecule has 0 N–H and O–H groups in total. The van der Waals surface area contributed by atoms with Gasteiger partial charge in [-0.2, -0.15) is 0 Å². The lowest BCUT2D eigenvalue weighted by molar-refractivity contribution is -0.385. The highest BCUT2D eigenvalue weighted by molar-refractivity contribution is 9.10. The number of halogens is 1. The quantitative estimate of drug-likeness (QED) is 0.626. The van der Waals surface area contributed by atoms with Gasteiger partial charge in [0.15, 0.2) is 0 Å². The zero-order valence-corrected chi connectivity index (χ0v) is 9.82. The lowest BCUT2D eigenvalue weighted by Crippen LogP contribution is -2.07. The normalized spacial score (nSPS) is 12.2. The predicted octanol–water partition coefficient (Wildman–Crippen LogP) is 2.44. The topological polar surface area (TPSA) is 73.1 Å². The summed E-state index contributed by atoms with van der Waals surface area (Å²) in [5, 5.41) is 10.4. The van der Waals surface area contributed by atoms with Crippen LogP contribution >= 0.6 is 15.9 Å². The monoisotopic (exact) mass is 272 g/mol. The maximum atomic E-state index is 11.1. The summed E-state index contributed by atoms with van der Waals surface area (Å²) in [5.74, 6) is -0.391. The number of ketones is 1. The molecular weight excluding hydrogens is 264 g/mol. The van der Waals surface area contributed by atoms with E-state index >= 15 is 0 Å². The van der Waals surface area contributed by atoms with Crippen LogP contribution in [-0.4, -0.2) is 15.7 Å². The summed E-state index contributed by atoms with van der Waals surface area (Å²) >= 11 is 3.17. The van der Waals surface area contributed by atoms with Crippen molar-refractivity contribution in [1.29, 1.82) is 0 Å². The number of pyridine rings is 1. The molecule has 6 heteroatoms. The van der Waals surface area contributed by atoms with E-state index in [0.717, 1.165) is 6.20 Å². The molecule has 0 aliphatic rings. The molecular formula is C9H9BrN2O3. The maximum absolute atomic E-state index is 11.1. The van der Waals surface area contributed by atoms with Gasteiger partial charge in [0.1, 0.15) is 12.0 Å². The molecule has 0 bridgehead atoms. The smallest absolute Gasteiger partial charge is 0.288 e. The van der Waals surface area contributed by atoms with E-state index in [-0.39, 0.29) is 17.4 Å². The van der Waals surface area contributed by atoms with Gasteiger partial charge >= 0.3 is 0 Å². The number of carbonyl (C=O) groups excluding carboxylic acids is 1. The first-order valence-corrected chi connectivity index (χ1v) is 5.03. The van der Waals surface area contributed by atoms with Gasteiger partial charge in [0.25, 0.3) is 5.69 Å². The Bertz CT molecular complexity index is 420. The predicted molar refractivity (Wildman–Crippen MR) is 57.7 cm³/mol. The molecule has 1 aromatic heterocycles. The third-order valence-corrected chi connectivity index (χ3v) is 2.72. The van der Waals surface area contributed by atoms with Crippen LogP contribution in [0.2, 0.25) is 0 Å². The molecule has 0 spiro atoms. The fourth-order valence-electron chi connectivity index (χ4n) is 1.05. The third kappa shape index (κ3) is 2.59. The lowest BCUT2D eigenvalue weighted by Gasteiger charge is -2.08. The lowest BCUT2D eigenvalue weighted by atomic mass is 10.0. The summed E-state index contributed by atoms with van der Waals surface area (Å²) < 4.78 is 0.486. The highest BCUT2D eigenvalue weighted by Gasteiger charge is 2.18. The molecule has 80 valence electrons. The summed E-state index contributed by atoms with van der Waals surface area (Å²) in [7, 11) is 0. The molecule has 1 heterocycles. The average molecular weight is 273 g/mol. The van der Waals surface area contributed by atoms with Gasteiger partial charge in [-0.25, -0.2) is 0 Å². The van der Waals surface area contributed by atoms with Crippen molar-refractivity contribution in [1.82, 2.24) is 4.98 Å². The summed E-state index contributed by atoms with van der Waals surface area (Å²) in [6.45, 7) is 3.17. The van der Waals surface area contributed by atoms with Crippen LogP contribution in [0, 0.1) is 10.1 Å². The van der Waals surface area contributed by atoms with E-state index < -0.39 is 4.92 Å². The van der Waals surface area contributed by atoms with Gasteiger partial charge in [-0.3, -0.25) is 19.9 Å². The number of hydrogen-bond acceptors (Lipinski definition) is 4. The van der Waals surface area contributed by atoms with Gasteiger partial charge in [0, 0.05) is 10.5 Å². The van der Waals surface area contributed by atoms with Crippen LogP contribution in [0.5, 0.6) is 0 Å². The number of nitrogens with zero attached hydrogens (tertiary/aromatic N) is 2. The molecule has 0 aliphatic heterocycles. The molecule has 1 rings (SSSR count). The second-order valence-electron chi connectivity index (χ2n) is 3.15. The van der Waals surface area contributed by atoms with Gasteiger partial charge in [0.2, 0.25) is 0 Å². The molecule has 15 heavy (non-hydrogen) atoms. The number of Topliss-reactive ketones (excluding diaryl/α,β-unsaturated/α-hetero) is 1. The summed E-state index contributed by atoms with van der Waals surface area (Å²) in [4.78, 5) is 24.9. The van der Waals surface area contributed by atoms with E-state index in [1.165, 1.54) is 13.0 Å². The Balaban J connectivity index is 3.13. The van der Waals surface area contributed by atoms with Gasteiger partial charge < -0.3 is 0 Å². The second-order valence-corrected chi connectivity index (χ2v) is 4.00. The Morgan fingerprint density at radius 2 is 2.27 bits per heavy atom. The van der Waals surface area contributed by atoms with Gasteiger partial charge in [-0.1, -0.05) is 0 Å². The van der Waals surface area contributed by atoms with Crippen molar-refractivity contribution in [2.75, 3.05) is 0 Å². The first-order valence-electron chi connectivity index (χ1n) is 4.23. The van der Waals surface area contributed by atoms with Crippen LogP contribution in [-0.2, 0) is 4.79 Å². The molecule has 0 radical (unpaired) electrons. The molecule has 5 nitrogen and oxygen atoms in total. The molecule has 0 fully saturated rings. The van der Waals surface area contributed by atoms with Crippen LogP contribution in [0.4, 0.5) is 5.69 Å². The van der Waals surface area contributed by atoms with Crippen LogP contribution in [0.1, 0.15) is 25.5 Å². The Kier molecular flexibility index (Phi) is 3.52. The van der Waals surface area contributed by atoms with Crippen LogP contribution in [0.15, 0.2) is 16.7 Å². The van der Waals surface area contributed by atoms with Gasteiger partial charge in [-0.05, 0) is 29.8 Å². The van der Waals surface area contributed by atoms with E-state index in [1.54, 1.807) is 6.92 Å². The molecule has 0 aromatic carbocycles. The Morgan fingerprint density at radius 3 is 2.67 bits per heavy atom. The molecule has 1 aromatic rings. The number of rotatable bonds is 3. The minimum absolute atomic E-state index is 0.0305. The van der Waals surface area contributed by atoms with Crippen molar-refractivity contribution in [2.24, 2.45) is 0 Å². The summed E-state index contributed by atoms with van der Waals surface area (Å²) in [6, 6.07) is 1.35. The highest BCUT2D eigenvalue weighted by atomic mass is 79.9. The van der Waals surface area contributed by atoms with Crippen LogP contribution < -0.4 is 0 Å². The molecule has 1 atom stereocenters. The van der Waals surface area contributed by atoms with Gasteiger partial charge in [-0.15, -0.1) is 0 Å². The average Bonchev–Trinajstić information content (AvgIpc) is 2.16. The minimum atomic E-state index is -0.528. The zero-order valence-electron chi connectivity index (χ0n) is 8.23. The Hall–Kier alpha value is -1.30. The standard InChI is InChI=1S/C9H9BrN2O3/c1-5(6(2)13)9-8(10)3-7(4-11-9)12(14)15/h3-5H,1-2H3. The fourth-order valence-corrected chi connectivity index (χ4v) is 1.73. The summed E-state index contributed by atoms with van der Waals surface area (Å²) in [6.07, 6.45) is 1.15. The molecule has 0 aliphatic carbocycles. The van der Waals surface area contributed by atoms with E-state index in [1.807, 2.05) is 0 Å². The fraction of sp³-hybridized carbons (Fsp3) is 0.333. The number of hydrogen-bond donors (Lipinski definition) is 0. The third-order valence-electron chi connectivity index (χ3n) is 2.09. The van der Waals surface area contributed by atoms with Crippen molar-refractivity contribution in [3.05, 3.63) is 32.5 Å². The van der Waals surface area contributed by atoms with Crippen molar-refractivity contribution >= 4 is 27.4 Å². The van der Waals surface area contributed by atoms with E-state index in [4.69, 9.17) is 0 Å². The highest BCUT2D eigenvalue weighted by Crippen LogP contribution is 2.26. The first-order chi connectivity index (χ1) is 6.93. The van der Waals surface area contributed by atoms with Crippen molar-refractivity contribution < 1.29 is 9.72 Å². The van der Waals surface area contributed by atoms with Crippen molar-refractivity contribution in [2.45, 2.75) is 19.8 Å². The summed E-state index contributed by atoms with van der Waals surface area (Å²) in [5.41, 5.74) is 0.425. The van der Waals surface area contributed by atoms with Crippen molar-refractivity contribution in [3.8, 4) is 0 Å². The number of nitro groups is 1. The first kappa shape index (κ1) is 11.8. The number of aromatic nitrogens is 1. The largest absolute Gasteiger partial charge is 0.299 e. The van der Waals surface area contributed by atoms with E-state index in [9.17, 15) is 14.9 Å². The van der Waals surface area contributed by atoms with Crippen molar-refractivity contribution in [3.63, 3.8) is 0 Å². The zero-order chi connectivity index (χ0) is 11.6. The molecule has 0 saturated heterocycles. The number of carbonyl (C=O) groups is 1. The molecule has 0 saturated carbocycles. The van der Waals surface area contributed by atoms with Gasteiger partial charge in [0.05, 0.1) is 16.5 Å². The minimum Gasteiger partial charge on any atom is -0.299 e. The molecule has 1 unspecified atom stereocenters.